The molecule has 0 bridgehead atoms. The third kappa shape index (κ3) is 5.16. The summed E-state index contributed by atoms with van der Waals surface area (Å²) in [6.07, 6.45) is 3.01. The van der Waals surface area contributed by atoms with E-state index >= 15 is 0 Å². The maximum Gasteiger partial charge on any atom is 0.322 e. The molecule has 0 aliphatic carbocycles. The van der Waals surface area contributed by atoms with Crippen LogP contribution in [0.5, 0.6) is 5.75 Å². The molecule has 0 radical (unpaired) electrons. The fourth-order valence-electron chi connectivity index (χ4n) is 3.28. The van der Waals surface area contributed by atoms with Gasteiger partial charge in [-0.15, -0.1) is 6.58 Å². The number of para-hydroxylation sites is 1. The van der Waals surface area contributed by atoms with Crippen molar-refractivity contribution >= 4 is 17.4 Å². The van der Waals surface area contributed by atoms with E-state index in [1.165, 1.54) is 5.56 Å². The molecule has 2 aromatic carbocycles. The number of rotatable bonds is 8. The Labute approximate surface area is 171 Å². The van der Waals surface area contributed by atoms with Crippen molar-refractivity contribution in [3.05, 3.63) is 72.3 Å². The third-order valence-electron chi connectivity index (χ3n) is 4.80. The van der Waals surface area contributed by atoms with Crippen LogP contribution in [0.3, 0.4) is 0 Å². The lowest BCUT2D eigenvalue weighted by atomic mass is 10.0. The van der Waals surface area contributed by atoms with E-state index < -0.39 is 0 Å². The summed E-state index contributed by atoms with van der Waals surface area (Å²) in [5.41, 5.74) is 3.68. The second-order valence-electron chi connectivity index (χ2n) is 6.85. The van der Waals surface area contributed by atoms with Crippen molar-refractivity contribution in [2.75, 3.05) is 25.5 Å². The summed E-state index contributed by atoms with van der Waals surface area (Å²) >= 11 is 0. The zero-order valence-electron chi connectivity index (χ0n) is 16.9. The van der Waals surface area contributed by atoms with Crippen LogP contribution in [-0.4, -0.2) is 42.9 Å². The van der Waals surface area contributed by atoms with Crippen molar-refractivity contribution < 1.29 is 14.4 Å². The molecule has 29 heavy (non-hydrogen) atoms. The minimum absolute atomic E-state index is 0.188. The first-order valence-electron chi connectivity index (χ1n) is 9.76. The Morgan fingerprint density at radius 1 is 1.34 bits per heavy atom. The number of urea groups is 1. The average Bonchev–Trinajstić information content (AvgIpc) is 3.22. The van der Waals surface area contributed by atoms with E-state index in [0.717, 1.165) is 29.1 Å². The predicted molar refractivity (Wildman–Crippen MR) is 116 cm³/mol. The second-order valence-corrected chi connectivity index (χ2v) is 6.85. The number of carbonyl (C=O) groups is 1. The first kappa shape index (κ1) is 20.5. The molecular formula is C23H27N3O3. The van der Waals surface area contributed by atoms with E-state index in [1.54, 1.807) is 18.1 Å². The lowest BCUT2D eigenvalue weighted by Gasteiger charge is -2.24. The lowest BCUT2D eigenvalue weighted by Crippen LogP contribution is -2.40. The fraction of sp³-hybridized carbons (Fsp3) is 0.304. The van der Waals surface area contributed by atoms with Gasteiger partial charge in [-0.2, -0.15) is 0 Å². The van der Waals surface area contributed by atoms with Crippen molar-refractivity contribution in [1.29, 1.82) is 0 Å². The molecule has 0 unspecified atom stereocenters. The Morgan fingerprint density at radius 2 is 2.17 bits per heavy atom. The van der Waals surface area contributed by atoms with E-state index in [0.29, 0.717) is 19.5 Å². The first-order chi connectivity index (χ1) is 14.1. The molecule has 2 aromatic rings. The molecule has 0 spiro atoms. The Hall–Kier alpha value is -3.28. The molecule has 0 fully saturated rings. The molecule has 1 N–H and O–H groups in total. The van der Waals surface area contributed by atoms with Crippen LogP contribution in [0.4, 0.5) is 10.5 Å². The minimum Gasteiger partial charge on any atom is -0.496 e. The quantitative estimate of drug-likeness (QED) is 0.673. The maximum absolute atomic E-state index is 12.8. The fourth-order valence-corrected chi connectivity index (χ4v) is 3.28. The van der Waals surface area contributed by atoms with Crippen molar-refractivity contribution in [1.82, 2.24) is 4.90 Å². The number of hydrogen-bond donors (Lipinski definition) is 1. The van der Waals surface area contributed by atoms with E-state index in [9.17, 15) is 4.79 Å². The minimum atomic E-state index is -0.220. The molecule has 6 nitrogen and oxygen atoms in total. The predicted octanol–water partition coefficient (Wildman–Crippen LogP) is 4.47. The first-order valence-corrected chi connectivity index (χ1v) is 9.76. The van der Waals surface area contributed by atoms with Gasteiger partial charge in [0.25, 0.3) is 0 Å². The van der Waals surface area contributed by atoms with Crippen molar-refractivity contribution in [2.45, 2.75) is 25.9 Å². The van der Waals surface area contributed by atoms with Gasteiger partial charge >= 0.3 is 6.03 Å². The second kappa shape index (κ2) is 9.78. The summed E-state index contributed by atoms with van der Waals surface area (Å²) in [4.78, 5) is 20.1. The zero-order chi connectivity index (χ0) is 20.6. The summed E-state index contributed by atoms with van der Waals surface area (Å²) in [5.74, 6) is 0.756. The summed E-state index contributed by atoms with van der Waals surface area (Å²) in [6.45, 7) is 6.68. The summed E-state index contributed by atoms with van der Waals surface area (Å²) in [5, 5.41) is 7.19. The van der Waals surface area contributed by atoms with Gasteiger partial charge in [-0.1, -0.05) is 42.4 Å². The standard InChI is InChI=1S/C23H27N3O3/c1-4-13-26(23(27)24-18-10-8-9-17(5-2)14-18)16-19-15-21(25-29-19)20-11-6-7-12-22(20)28-3/h4,6-12,14,19H,1,5,13,15-16H2,2-3H3,(H,24,27)/t19-/m0/s1. The summed E-state index contributed by atoms with van der Waals surface area (Å²) < 4.78 is 5.41. The normalized spacial score (nSPS) is 15.2. The summed E-state index contributed by atoms with van der Waals surface area (Å²) in [7, 11) is 1.64. The molecule has 0 saturated heterocycles. The van der Waals surface area contributed by atoms with Crippen LogP contribution >= 0.6 is 0 Å². The number of nitrogens with zero attached hydrogens (tertiary/aromatic N) is 2. The van der Waals surface area contributed by atoms with Gasteiger partial charge in [0.05, 0.1) is 19.4 Å². The smallest absolute Gasteiger partial charge is 0.322 e. The van der Waals surface area contributed by atoms with Gasteiger partial charge in [0.15, 0.2) is 6.10 Å². The monoisotopic (exact) mass is 393 g/mol. The van der Waals surface area contributed by atoms with Crippen molar-refractivity contribution in [2.24, 2.45) is 5.16 Å². The van der Waals surface area contributed by atoms with Crippen LogP contribution in [-0.2, 0) is 11.3 Å². The molecule has 1 atom stereocenters. The number of ether oxygens (including phenoxy) is 1. The van der Waals surface area contributed by atoms with Crippen molar-refractivity contribution in [3.63, 3.8) is 0 Å². The van der Waals surface area contributed by atoms with E-state index in [4.69, 9.17) is 9.57 Å². The molecule has 2 amide bonds. The largest absolute Gasteiger partial charge is 0.496 e. The van der Waals surface area contributed by atoms with Gasteiger partial charge in [-0.3, -0.25) is 0 Å². The molecule has 1 heterocycles. The number of benzene rings is 2. The Balaban J connectivity index is 1.63. The van der Waals surface area contributed by atoms with Crippen LogP contribution in [0, 0.1) is 0 Å². The molecule has 152 valence electrons. The molecule has 0 saturated carbocycles. The van der Waals surface area contributed by atoms with Gasteiger partial charge in [0.1, 0.15) is 5.75 Å². The average molecular weight is 393 g/mol. The van der Waals surface area contributed by atoms with Crippen LogP contribution in [0.1, 0.15) is 24.5 Å². The molecule has 0 aromatic heterocycles. The van der Waals surface area contributed by atoms with E-state index in [1.807, 2.05) is 48.5 Å². The number of oxime groups is 1. The van der Waals surface area contributed by atoms with Gasteiger partial charge in [0, 0.05) is 24.2 Å². The van der Waals surface area contributed by atoms with Crippen LogP contribution in [0.15, 0.2) is 66.3 Å². The van der Waals surface area contributed by atoms with Crippen LogP contribution in [0.25, 0.3) is 0 Å². The molecular weight excluding hydrogens is 366 g/mol. The number of anilines is 1. The van der Waals surface area contributed by atoms with Gasteiger partial charge in [0.2, 0.25) is 0 Å². The number of aryl methyl sites for hydroxylation is 1. The highest BCUT2D eigenvalue weighted by Crippen LogP contribution is 2.25. The van der Waals surface area contributed by atoms with Gasteiger partial charge in [-0.05, 0) is 36.2 Å². The zero-order valence-corrected chi connectivity index (χ0v) is 16.9. The third-order valence-corrected chi connectivity index (χ3v) is 4.80. The van der Waals surface area contributed by atoms with E-state index in [2.05, 4.69) is 24.0 Å². The number of hydrogen-bond acceptors (Lipinski definition) is 4. The molecule has 1 aliphatic rings. The number of amides is 2. The number of methoxy groups -OCH3 is 1. The SMILES string of the molecule is C=CCN(C[C@@H]1CC(c2ccccc2OC)=NO1)C(=O)Nc1cccc(CC)c1. The Kier molecular flexibility index (Phi) is 6.89. The maximum atomic E-state index is 12.8. The summed E-state index contributed by atoms with van der Waals surface area (Å²) in [6, 6.07) is 15.4. The van der Waals surface area contributed by atoms with Gasteiger partial charge in [-0.25, -0.2) is 4.79 Å². The molecule has 3 rings (SSSR count). The Morgan fingerprint density at radius 3 is 2.93 bits per heavy atom. The Bertz CT molecular complexity index is 894. The number of nitrogens with one attached hydrogen (secondary N) is 1. The lowest BCUT2D eigenvalue weighted by molar-refractivity contribution is 0.0645. The van der Waals surface area contributed by atoms with E-state index in [-0.39, 0.29) is 12.1 Å². The van der Waals surface area contributed by atoms with Gasteiger partial charge < -0.3 is 19.8 Å². The van der Waals surface area contributed by atoms with Crippen LogP contribution < -0.4 is 10.1 Å². The van der Waals surface area contributed by atoms with Crippen molar-refractivity contribution in [3.8, 4) is 5.75 Å². The molecule has 1 aliphatic heterocycles. The van der Waals surface area contributed by atoms with Crippen LogP contribution in [0.2, 0.25) is 0 Å². The molecule has 6 heteroatoms. The topological polar surface area (TPSA) is 63.2 Å². The highest BCUT2D eigenvalue weighted by molar-refractivity contribution is 6.03. The highest BCUT2D eigenvalue weighted by atomic mass is 16.6. The number of carbonyl (C=O) groups excluding carboxylic acids is 1. The highest BCUT2D eigenvalue weighted by Gasteiger charge is 2.27.